The molecule has 0 saturated heterocycles. The van der Waals surface area contributed by atoms with Crippen molar-refractivity contribution in [2.75, 3.05) is 33.7 Å². The predicted molar refractivity (Wildman–Crippen MR) is 103 cm³/mol. The van der Waals surface area contributed by atoms with E-state index in [-0.39, 0.29) is 42.5 Å². The Balaban J connectivity index is 0.00000264. The molecule has 2 N–H and O–H groups in total. The van der Waals surface area contributed by atoms with Gasteiger partial charge in [0.15, 0.2) is 5.96 Å². The van der Waals surface area contributed by atoms with Gasteiger partial charge in [-0.15, -0.1) is 24.0 Å². The zero-order valence-corrected chi connectivity index (χ0v) is 16.2. The summed E-state index contributed by atoms with van der Waals surface area (Å²) in [5.41, 5.74) is 1.24. The normalized spacial score (nSPS) is 16.0. The third kappa shape index (κ3) is 5.89. The highest BCUT2D eigenvalue weighted by Gasteiger charge is 2.22. The predicted octanol–water partition coefficient (Wildman–Crippen LogP) is 1.25. The molecule has 0 spiro atoms. The summed E-state index contributed by atoms with van der Waals surface area (Å²) >= 11 is 0. The van der Waals surface area contributed by atoms with Gasteiger partial charge in [0, 0.05) is 27.1 Å². The van der Waals surface area contributed by atoms with E-state index < -0.39 is 0 Å². The maximum absolute atomic E-state index is 11.6. The molecule has 2 rings (SSSR count). The fraction of sp³-hybridized carbons (Fsp3) is 0.500. The molecule has 1 aromatic rings. The molecule has 1 amide bonds. The van der Waals surface area contributed by atoms with Crippen LogP contribution in [-0.2, 0) is 11.2 Å². The minimum Gasteiger partial charge on any atom is -0.488 e. The second-order valence-corrected chi connectivity index (χ2v) is 5.42. The molecule has 0 saturated carbocycles. The number of hydrogen-bond acceptors (Lipinski definition) is 3. The van der Waals surface area contributed by atoms with E-state index in [1.807, 2.05) is 25.1 Å². The maximum Gasteiger partial charge on any atom is 0.243 e. The largest absolute Gasteiger partial charge is 0.488 e. The lowest BCUT2D eigenvalue weighted by Gasteiger charge is -2.16. The Labute approximate surface area is 154 Å². The van der Waals surface area contributed by atoms with E-state index in [0.717, 1.165) is 18.7 Å². The third-order valence-corrected chi connectivity index (χ3v) is 3.43. The molecule has 1 unspecified atom stereocenters. The van der Waals surface area contributed by atoms with E-state index in [2.05, 4.69) is 21.7 Å². The van der Waals surface area contributed by atoms with Crippen molar-refractivity contribution in [3.05, 3.63) is 29.8 Å². The summed E-state index contributed by atoms with van der Waals surface area (Å²) in [5, 5.41) is 6.37. The molecule has 0 aliphatic carbocycles. The second-order valence-electron chi connectivity index (χ2n) is 5.42. The van der Waals surface area contributed by atoms with Gasteiger partial charge >= 0.3 is 0 Å². The summed E-state index contributed by atoms with van der Waals surface area (Å²) in [6.45, 7) is 3.52. The molecule has 0 bridgehead atoms. The Bertz CT molecular complexity index is 524. The number of likely N-dealkylation sites (N-methyl/N-ethyl adjacent to an activating group) is 1. The van der Waals surface area contributed by atoms with E-state index in [1.165, 1.54) is 10.5 Å². The van der Waals surface area contributed by atoms with Crippen molar-refractivity contribution in [3.8, 4) is 5.75 Å². The maximum atomic E-state index is 11.6. The standard InChI is InChI=1S/C16H24N4O2.HI/c1-4-17-16(19-11-15(21)20(2)3)18-10-13-9-12-7-5-6-8-14(12)22-13;/h5-8,13H,4,9-11H2,1-3H3,(H2,17,18,19);1H. The third-order valence-electron chi connectivity index (χ3n) is 3.43. The molecule has 1 aliphatic heterocycles. The fourth-order valence-electron chi connectivity index (χ4n) is 2.21. The van der Waals surface area contributed by atoms with Crippen LogP contribution in [0.3, 0.4) is 0 Å². The van der Waals surface area contributed by atoms with E-state index in [9.17, 15) is 4.79 Å². The zero-order chi connectivity index (χ0) is 15.9. The van der Waals surface area contributed by atoms with Gasteiger partial charge in [-0.2, -0.15) is 0 Å². The first kappa shape index (κ1) is 19.5. The summed E-state index contributed by atoms with van der Waals surface area (Å²) in [5.74, 6) is 1.57. The SMILES string of the molecule is CCNC(=NCC(=O)N(C)C)NCC1Cc2ccccc2O1.I. The zero-order valence-electron chi connectivity index (χ0n) is 13.8. The van der Waals surface area contributed by atoms with Gasteiger partial charge in [0.05, 0.1) is 6.54 Å². The molecule has 1 atom stereocenters. The number of halogens is 1. The Morgan fingerprint density at radius 3 is 2.74 bits per heavy atom. The van der Waals surface area contributed by atoms with Crippen LogP contribution in [0.5, 0.6) is 5.75 Å². The first-order chi connectivity index (χ1) is 10.6. The number of aliphatic imine (C=N–C) groups is 1. The van der Waals surface area contributed by atoms with E-state index in [1.54, 1.807) is 14.1 Å². The van der Waals surface area contributed by atoms with Gasteiger partial charge in [-0.25, -0.2) is 4.99 Å². The van der Waals surface area contributed by atoms with Crippen LogP contribution in [0.2, 0.25) is 0 Å². The molecular weight excluding hydrogens is 407 g/mol. The molecule has 0 aromatic heterocycles. The number of carbonyl (C=O) groups excluding carboxylic acids is 1. The number of para-hydroxylation sites is 1. The molecule has 7 heteroatoms. The first-order valence-electron chi connectivity index (χ1n) is 7.57. The number of hydrogen-bond donors (Lipinski definition) is 2. The molecule has 1 aromatic carbocycles. The highest BCUT2D eigenvalue weighted by Crippen LogP contribution is 2.27. The van der Waals surface area contributed by atoms with Gasteiger partial charge in [-0.1, -0.05) is 18.2 Å². The van der Waals surface area contributed by atoms with Crippen molar-refractivity contribution in [1.82, 2.24) is 15.5 Å². The average Bonchev–Trinajstić information content (AvgIpc) is 2.92. The topological polar surface area (TPSA) is 66.0 Å². The number of rotatable bonds is 5. The van der Waals surface area contributed by atoms with Crippen LogP contribution in [0.4, 0.5) is 0 Å². The van der Waals surface area contributed by atoms with Crippen LogP contribution in [-0.4, -0.2) is 56.6 Å². The highest BCUT2D eigenvalue weighted by atomic mass is 127. The van der Waals surface area contributed by atoms with Crippen molar-refractivity contribution in [1.29, 1.82) is 0 Å². The number of benzene rings is 1. The van der Waals surface area contributed by atoms with Crippen molar-refractivity contribution in [3.63, 3.8) is 0 Å². The lowest BCUT2D eigenvalue weighted by molar-refractivity contribution is -0.127. The number of fused-ring (bicyclic) bond motifs is 1. The van der Waals surface area contributed by atoms with Crippen LogP contribution < -0.4 is 15.4 Å². The van der Waals surface area contributed by atoms with Gasteiger partial charge in [-0.05, 0) is 18.6 Å². The minimum absolute atomic E-state index is 0. The highest BCUT2D eigenvalue weighted by molar-refractivity contribution is 14.0. The summed E-state index contributed by atoms with van der Waals surface area (Å²) in [4.78, 5) is 17.4. The fourth-order valence-corrected chi connectivity index (χ4v) is 2.21. The van der Waals surface area contributed by atoms with E-state index in [0.29, 0.717) is 12.5 Å². The molecular formula is C16H25IN4O2. The average molecular weight is 432 g/mol. The molecule has 1 aliphatic rings. The monoisotopic (exact) mass is 432 g/mol. The van der Waals surface area contributed by atoms with Gasteiger partial charge in [0.2, 0.25) is 5.91 Å². The summed E-state index contributed by atoms with van der Waals surface area (Å²) in [6.07, 6.45) is 0.977. The number of amides is 1. The number of carbonyl (C=O) groups is 1. The number of nitrogens with one attached hydrogen (secondary N) is 2. The summed E-state index contributed by atoms with van der Waals surface area (Å²) < 4.78 is 5.88. The minimum atomic E-state index is -0.0262. The lowest BCUT2D eigenvalue weighted by Crippen LogP contribution is -2.42. The smallest absolute Gasteiger partial charge is 0.243 e. The lowest BCUT2D eigenvalue weighted by atomic mass is 10.1. The van der Waals surface area contributed by atoms with Crippen LogP contribution in [0.15, 0.2) is 29.3 Å². The van der Waals surface area contributed by atoms with E-state index >= 15 is 0 Å². The Morgan fingerprint density at radius 2 is 2.09 bits per heavy atom. The van der Waals surface area contributed by atoms with Crippen molar-refractivity contribution >= 4 is 35.8 Å². The molecule has 1 heterocycles. The molecule has 128 valence electrons. The Hall–Kier alpha value is -1.51. The number of guanidine groups is 1. The van der Waals surface area contributed by atoms with Gasteiger partial charge in [-0.3, -0.25) is 4.79 Å². The molecule has 23 heavy (non-hydrogen) atoms. The Morgan fingerprint density at radius 1 is 1.35 bits per heavy atom. The molecule has 0 radical (unpaired) electrons. The molecule has 6 nitrogen and oxygen atoms in total. The van der Waals surface area contributed by atoms with Crippen LogP contribution in [0.1, 0.15) is 12.5 Å². The van der Waals surface area contributed by atoms with Crippen LogP contribution in [0, 0.1) is 0 Å². The Kier molecular flexibility index (Phi) is 8.15. The van der Waals surface area contributed by atoms with E-state index in [4.69, 9.17) is 4.74 Å². The summed E-state index contributed by atoms with van der Waals surface area (Å²) in [6, 6.07) is 8.08. The van der Waals surface area contributed by atoms with Gasteiger partial charge in [0.25, 0.3) is 0 Å². The summed E-state index contributed by atoms with van der Waals surface area (Å²) in [7, 11) is 3.45. The first-order valence-corrected chi connectivity index (χ1v) is 7.57. The quantitative estimate of drug-likeness (QED) is 0.418. The van der Waals surface area contributed by atoms with Crippen molar-refractivity contribution in [2.45, 2.75) is 19.4 Å². The van der Waals surface area contributed by atoms with Crippen molar-refractivity contribution in [2.24, 2.45) is 4.99 Å². The van der Waals surface area contributed by atoms with Crippen LogP contribution >= 0.6 is 24.0 Å². The number of nitrogens with zero attached hydrogens (tertiary/aromatic N) is 2. The second kappa shape index (κ2) is 9.59. The number of ether oxygens (including phenoxy) is 1. The van der Waals surface area contributed by atoms with Crippen molar-refractivity contribution < 1.29 is 9.53 Å². The van der Waals surface area contributed by atoms with Gasteiger partial charge in [0.1, 0.15) is 18.4 Å². The molecule has 0 fully saturated rings. The van der Waals surface area contributed by atoms with Gasteiger partial charge < -0.3 is 20.3 Å². The van der Waals surface area contributed by atoms with Crippen LogP contribution in [0.25, 0.3) is 0 Å².